The van der Waals surface area contributed by atoms with E-state index >= 15 is 0 Å². The number of aromatic nitrogens is 2. The van der Waals surface area contributed by atoms with Crippen LogP contribution in [-0.2, 0) is 10.2 Å². The maximum Gasteiger partial charge on any atom is 0.322 e. The first-order valence-corrected chi connectivity index (χ1v) is 14.3. The summed E-state index contributed by atoms with van der Waals surface area (Å²) in [4.78, 5) is 50.9. The van der Waals surface area contributed by atoms with Crippen LogP contribution in [0.5, 0.6) is 5.75 Å². The second-order valence-electron chi connectivity index (χ2n) is 11.9. The molecule has 9 rings (SSSR count). The molecule has 6 heterocycles. The number of hydrogen-bond donors (Lipinski definition) is 3. The minimum absolute atomic E-state index is 0.00250. The van der Waals surface area contributed by atoms with E-state index in [0.717, 1.165) is 37.2 Å². The molecule has 0 radical (unpaired) electrons. The fourth-order valence-corrected chi connectivity index (χ4v) is 7.60. The van der Waals surface area contributed by atoms with Crippen LogP contribution in [0.4, 0.5) is 5.69 Å². The predicted molar refractivity (Wildman–Crippen MR) is 157 cm³/mol. The highest BCUT2D eigenvalue weighted by Crippen LogP contribution is 2.61. The van der Waals surface area contributed by atoms with Gasteiger partial charge in [-0.15, -0.1) is 0 Å². The number of aliphatic carboxylic acids is 1. The van der Waals surface area contributed by atoms with E-state index in [1.165, 1.54) is 11.1 Å². The third kappa shape index (κ3) is 4.11. The van der Waals surface area contributed by atoms with Gasteiger partial charge in [0.2, 0.25) is 0 Å². The topological polar surface area (TPSA) is 136 Å². The van der Waals surface area contributed by atoms with Gasteiger partial charge in [0.1, 0.15) is 12.4 Å². The normalized spacial score (nSPS) is 22.8. The number of benzene rings is 1. The van der Waals surface area contributed by atoms with Crippen LogP contribution >= 0.6 is 0 Å². The standard InChI is InChI=1S/C32H35N5O5/c1-17(29-34-18(2)28(40)27(35-29)30(41)33-16-25(38)39)32(26-19-5-6-20(26)8-7-19)21-11-13-37(14-12-21)24-10-9-22(32)15-23(24)31(42)36(3)4/h5-10,15,17,21,26,40H,11-14,16H2,1-4H3,(H,33,41)(H,38,39). The SMILES string of the molecule is Cc1nc(C(C)C2(C3C4=CC=C3C=C4)c3ccc(c(C(=O)N(C)C)c3)N3CCC2CC3)nc(C(=O)NCC(=O)O)c1O. The van der Waals surface area contributed by atoms with Crippen molar-refractivity contribution in [2.75, 3.05) is 38.6 Å². The summed E-state index contributed by atoms with van der Waals surface area (Å²) in [5.74, 6) is -2.16. The zero-order valence-electron chi connectivity index (χ0n) is 24.2. The molecule has 0 spiro atoms. The number of anilines is 1. The summed E-state index contributed by atoms with van der Waals surface area (Å²) >= 11 is 0. The maximum absolute atomic E-state index is 13.6. The Balaban J connectivity index is 1.58. The highest BCUT2D eigenvalue weighted by molar-refractivity contribution is 6.00. The number of allylic oxidation sites excluding steroid dienone is 6. The van der Waals surface area contributed by atoms with Gasteiger partial charge >= 0.3 is 5.97 Å². The van der Waals surface area contributed by atoms with Gasteiger partial charge in [-0.3, -0.25) is 14.4 Å². The fraction of sp³-hybridized carbons (Fsp3) is 0.406. The molecule has 1 aromatic heterocycles. The molecule has 1 aromatic carbocycles. The van der Waals surface area contributed by atoms with E-state index in [4.69, 9.17) is 10.1 Å². The molecule has 10 nitrogen and oxygen atoms in total. The van der Waals surface area contributed by atoms with Crippen LogP contribution in [0.3, 0.4) is 0 Å². The maximum atomic E-state index is 13.6. The van der Waals surface area contributed by atoms with E-state index in [1.54, 1.807) is 25.9 Å². The van der Waals surface area contributed by atoms with Crippen molar-refractivity contribution in [3.63, 3.8) is 0 Å². The molecule has 1 fully saturated rings. The van der Waals surface area contributed by atoms with Crippen LogP contribution in [0.15, 0.2) is 53.6 Å². The Hall–Kier alpha value is -4.47. The van der Waals surface area contributed by atoms with Crippen molar-refractivity contribution in [3.8, 4) is 5.75 Å². The van der Waals surface area contributed by atoms with Crippen LogP contribution in [0.2, 0.25) is 0 Å². The van der Waals surface area contributed by atoms with Gasteiger partial charge in [0.25, 0.3) is 11.8 Å². The Bertz CT molecular complexity index is 1580. The van der Waals surface area contributed by atoms with E-state index in [-0.39, 0.29) is 40.8 Å². The molecule has 2 unspecified atom stereocenters. The first-order valence-electron chi connectivity index (χ1n) is 14.3. The Morgan fingerprint density at radius 3 is 2.38 bits per heavy atom. The van der Waals surface area contributed by atoms with Crippen molar-refractivity contribution >= 4 is 23.5 Å². The number of carbonyl (C=O) groups excluding carboxylic acids is 2. The summed E-state index contributed by atoms with van der Waals surface area (Å²) in [6, 6.07) is 6.26. The van der Waals surface area contributed by atoms with Crippen molar-refractivity contribution in [3.05, 3.63) is 82.0 Å². The van der Waals surface area contributed by atoms with E-state index in [2.05, 4.69) is 64.6 Å². The molecule has 2 atom stereocenters. The largest absolute Gasteiger partial charge is 0.504 e. The van der Waals surface area contributed by atoms with Gasteiger partial charge in [0.15, 0.2) is 11.4 Å². The van der Waals surface area contributed by atoms with Crippen molar-refractivity contribution in [1.82, 2.24) is 20.2 Å². The monoisotopic (exact) mass is 569 g/mol. The Morgan fingerprint density at radius 2 is 1.79 bits per heavy atom. The second kappa shape index (κ2) is 10.1. The summed E-state index contributed by atoms with van der Waals surface area (Å²) in [5.41, 5.74) is 4.43. The number of nitrogens with zero attached hydrogens (tertiary/aromatic N) is 4. The molecule has 0 saturated carbocycles. The van der Waals surface area contributed by atoms with Gasteiger partial charge in [-0.05, 0) is 54.5 Å². The average Bonchev–Trinajstić information content (AvgIpc) is 3.61. The molecular formula is C32H35N5O5. The number of aryl methyl sites for hydroxylation is 1. The van der Waals surface area contributed by atoms with Crippen molar-refractivity contribution in [1.29, 1.82) is 0 Å². The van der Waals surface area contributed by atoms with Gasteiger partial charge < -0.3 is 25.3 Å². The summed E-state index contributed by atoms with van der Waals surface area (Å²) in [6.07, 6.45) is 10.4. The number of amides is 2. The first kappa shape index (κ1) is 27.7. The molecule has 218 valence electrons. The molecule has 1 saturated heterocycles. The molecule has 6 bridgehead atoms. The summed E-state index contributed by atoms with van der Waals surface area (Å²) < 4.78 is 0. The van der Waals surface area contributed by atoms with Gasteiger partial charge in [-0.2, -0.15) is 0 Å². The molecular weight excluding hydrogens is 534 g/mol. The molecule has 2 amide bonds. The van der Waals surface area contributed by atoms with E-state index in [1.807, 2.05) is 0 Å². The number of hydrogen-bond acceptors (Lipinski definition) is 7. The number of carboxylic acids is 1. The van der Waals surface area contributed by atoms with Crippen LogP contribution in [0.25, 0.3) is 0 Å². The number of aromatic hydroxyl groups is 1. The van der Waals surface area contributed by atoms with E-state index < -0.39 is 23.8 Å². The number of fused-ring (bicyclic) bond motifs is 2. The molecule has 10 heteroatoms. The molecule has 2 aliphatic carbocycles. The Morgan fingerprint density at radius 1 is 1.12 bits per heavy atom. The van der Waals surface area contributed by atoms with Gasteiger partial charge in [-0.1, -0.05) is 37.3 Å². The predicted octanol–water partition coefficient (Wildman–Crippen LogP) is 3.33. The molecule has 5 aliphatic heterocycles. The van der Waals surface area contributed by atoms with Crippen LogP contribution in [0, 0.1) is 18.8 Å². The number of piperidine rings is 1. The van der Waals surface area contributed by atoms with Gasteiger partial charge in [0, 0.05) is 50.1 Å². The summed E-state index contributed by atoms with van der Waals surface area (Å²) in [5, 5.41) is 22.1. The average molecular weight is 570 g/mol. The van der Waals surface area contributed by atoms with Crippen molar-refractivity contribution in [2.45, 2.75) is 38.0 Å². The van der Waals surface area contributed by atoms with Crippen molar-refractivity contribution < 1.29 is 24.6 Å². The molecule has 42 heavy (non-hydrogen) atoms. The van der Waals surface area contributed by atoms with Crippen molar-refractivity contribution in [2.24, 2.45) is 11.8 Å². The third-order valence-electron chi connectivity index (χ3n) is 9.52. The minimum atomic E-state index is -1.20. The summed E-state index contributed by atoms with van der Waals surface area (Å²) in [6.45, 7) is 4.71. The number of nitrogens with one attached hydrogen (secondary N) is 1. The van der Waals surface area contributed by atoms with Gasteiger partial charge in [0.05, 0.1) is 11.3 Å². The number of carboxylic acid groups (broad SMARTS) is 1. The molecule has 3 N–H and O–H groups in total. The van der Waals surface area contributed by atoms with E-state index in [9.17, 15) is 19.5 Å². The lowest BCUT2D eigenvalue weighted by Gasteiger charge is -2.51. The van der Waals surface area contributed by atoms with Crippen LogP contribution in [-0.4, -0.2) is 76.6 Å². The second-order valence-corrected chi connectivity index (χ2v) is 11.9. The molecule has 2 aromatic rings. The molecule has 7 aliphatic rings. The quantitative estimate of drug-likeness (QED) is 0.462. The zero-order valence-corrected chi connectivity index (χ0v) is 24.2. The van der Waals surface area contributed by atoms with Crippen LogP contribution < -0.4 is 10.2 Å². The highest BCUT2D eigenvalue weighted by Gasteiger charge is 2.56. The van der Waals surface area contributed by atoms with Gasteiger partial charge in [-0.25, -0.2) is 9.97 Å². The summed E-state index contributed by atoms with van der Waals surface area (Å²) in [7, 11) is 3.53. The highest BCUT2D eigenvalue weighted by atomic mass is 16.4. The number of carbonyl (C=O) groups is 3. The Kier molecular flexibility index (Phi) is 6.67. The lowest BCUT2D eigenvalue weighted by Crippen LogP contribution is -2.50. The Labute approximate surface area is 244 Å². The lowest BCUT2D eigenvalue weighted by atomic mass is 9.52. The fourth-order valence-electron chi connectivity index (χ4n) is 7.60. The third-order valence-corrected chi connectivity index (χ3v) is 9.52. The first-order chi connectivity index (χ1) is 20.0. The zero-order chi connectivity index (χ0) is 29.9. The minimum Gasteiger partial charge on any atom is -0.504 e. The van der Waals surface area contributed by atoms with E-state index in [0.29, 0.717) is 11.4 Å². The number of rotatable bonds is 7. The lowest BCUT2D eigenvalue weighted by molar-refractivity contribution is -0.135. The van der Waals surface area contributed by atoms with Crippen LogP contribution in [0.1, 0.15) is 63.6 Å². The smallest absolute Gasteiger partial charge is 0.322 e.